The maximum atomic E-state index is 12.5. The van der Waals surface area contributed by atoms with Crippen LogP contribution in [0.5, 0.6) is 0 Å². The smallest absolute Gasteiger partial charge is 0.265 e. The lowest BCUT2D eigenvalue weighted by molar-refractivity contribution is 0.0383. The summed E-state index contributed by atoms with van der Waals surface area (Å²) in [6.07, 6.45) is 0.764. The van der Waals surface area contributed by atoms with Gasteiger partial charge >= 0.3 is 0 Å². The van der Waals surface area contributed by atoms with Crippen LogP contribution in [0.2, 0.25) is 10.0 Å². The quantitative estimate of drug-likeness (QED) is 0.775. The molecule has 1 fully saturated rings. The van der Waals surface area contributed by atoms with E-state index in [0.717, 1.165) is 45.0 Å². The Morgan fingerprint density at radius 1 is 1.28 bits per heavy atom. The monoisotopic (exact) mass is 421 g/mol. The van der Waals surface area contributed by atoms with E-state index in [2.05, 4.69) is 14.6 Å². The van der Waals surface area contributed by atoms with E-state index in [4.69, 9.17) is 27.9 Å². The van der Waals surface area contributed by atoms with Gasteiger partial charge in [0.05, 0.1) is 23.9 Å². The van der Waals surface area contributed by atoms with E-state index in [-0.39, 0.29) is 9.92 Å². The van der Waals surface area contributed by atoms with E-state index < -0.39 is 10.0 Å². The highest BCUT2D eigenvalue weighted by Gasteiger charge is 2.20. The summed E-state index contributed by atoms with van der Waals surface area (Å²) in [5.41, 5.74) is 0.858. The van der Waals surface area contributed by atoms with Gasteiger partial charge in [-0.3, -0.25) is 9.62 Å². The molecule has 0 amide bonds. The highest BCUT2D eigenvalue weighted by molar-refractivity contribution is 7.93. The molecule has 0 saturated carbocycles. The van der Waals surface area contributed by atoms with Crippen LogP contribution in [0.3, 0.4) is 0 Å². The van der Waals surface area contributed by atoms with Gasteiger partial charge in [0.2, 0.25) is 0 Å². The molecule has 3 rings (SSSR count). The normalized spacial score (nSPS) is 16.1. The van der Waals surface area contributed by atoms with E-state index in [9.17, 15) is 8.42 Å². The van der Waals surface area contributed by atoms with Crippen molar-refractivity contribution in [3.8, 4) is 0 Å². The third-order valence-electron chi connectivity index (χ3n) is 3.74. The lowest BCUT2D eigenvalue weighted by Gasteiger charge is -2.26. The number of nitrogens with zero attached hydrogens (tertiary/aromatic N) is 2. The third kappa shape index (κ3) is 5.06. The second-order valence-corrected chi connectivity index (χ2v) is 8.88. The van der Waals surface area contributed by atoms with Crippen molar-refractivity contribution < 1.29 is 13.2 Å². The van der Waals surface area contributed by atoms with Crippen LogP contribution >= 0.6 is 34.5 Å². The second kappa shape index (κ2) is 8.20. The van der Waals surface area contributed by atoms with Crippen molar-refractivity contribution >= 4 is 49.7 Å². The number of thiazole rings is 1. The van der Waals surface area contributed by atoms with Crippen molar-refractivity contribution in [2.45, 2.75) is 11.3 Å². The van der Waals surface area contributed by atoms with E-state index in [1.807, 2.05) is 5.38 Å². The number of anilines is 1. The molecule has 1 N–H and O–H groups in total. The Morgan fingerprint density at radius 3 is 2.76 bits per heavy atom. The lowest BCUT2D eigenvalue weighted by Crippen LogP contribution is -2.37. The van der Waals surface area contributed by atoms with Gasteiger partial charge in [-0.2, -0.15) is 0 Å². The molecule has 0 radical (unpaired) electrons. The molecule has 1 saturated heterocycles. The predicted molar refractivity (Wildman–Crippen MR) is 100 cm³/mol. The first-order valence-corrected chi connectivity index (χ1v) is 10.8. The zero-order valence-electron chi connectivity index (χ0n) is 13.2. The van der Waals surface area contributed by atoms with Gasteiger partial charge in [-0.25, -0.2) is 13.4 Å². The standard InChI is InChI=1S/C15H17Cl2N3O3S2/c16-11-1-2-14(13(17)9-11)25(21,22)19-15-18-12(10-24-15)3-4-20-5-7-23-8-6-20/h1-2,9-10H,3-8H2,(H,18,19). The molecule has 10 heteroatoms. The molecule has 136 valence electrons. The average Bonchev–Trinajstić information content (AvgIpc) is 3.00. The van der Waals surface area contributed by atoms with E-state index >= 15 is 0 Å². The number of morpholine rings is 1. The van der Waals surface area contributed by atoms with Crippen molar-refractivity contribution in [2.24, 2.45) is 0 Å². The minimum atomic E-state index is -3.80. The summed E-state index contributed by atoms with van der Waals surface area (Å²) in [4.78, 5) is 6.64. The number of aromatic nitrogens is 1. The molecule has 0 atom stereocenters. The SMILES string of the molecule is O=S(=O)(Nc1nc(CCN2CCOCC2)cs1)c1ccc(Cl)cc1Cl. The zero-order chi connectivity index (χ0) is 17.9. The molecule has 2 aromatic rings. The fourth-order valence-electron chi connectivity index (χ4n) is 2.43. The van der Waals surface area contributed by atoms with Crippen LogP contribution in [-0.4, -0.2) is 51.1 Å². The van der Waals surface area contributed by atoms with Gasteiger partial charge in [-0.05, 0) is 18.2 Å². The van der Waals surface area contributed by atoms with Gasteiger partial charge in [0.15, 0.2) is 5.13 Å². The first-order chi connectivity index (χ1) is 11.9. The molecule has 0 aliphatic carbocycles. The fourth-order valence-corrected chi connectivity index (χ4v) is 5.20. The van der Waals surface area contributed by atoms with Gasteiger partial charge < -0.3 is 4.74 Å². The molecule has 1 aliphatic heterocycles. The maximum absolute atomic E-state index is 12.5. The van der Waals surface area contributed by atoms with Gasteiger partial charge in [0, 0.05) is 36.5 Å². The molecule has 25 heavy (non-hydrogen) atoms. The summed E-state index contributed by atoms with van der Waals surface area (Å²) in [5, 5.41) is 2.64. The topological polar surface area (TPSA) is 71.5 Å². The Balaban J connectivity index is 1.63. The highest BCUT2D eigenvalue weighted by atomic mass is 35.5. The molecule has 1 aliphatic rings. The Bertz CT molecular complexity index is 836. The van der Waals surface area contributed by atoms with Crippen LogP contribution in [0.15, 0.2) is 28.5 Å². The molecule has 1 aromatic carbocycles. The third-order valence-corrected chi connectivity index (χ3v) is 6.74. The van der Waals surface area contributed by atoms with Crippen molar-refractivity contribution in [3.05, 3.63) is 39.3 Å². The van der Waals surface area contributed by atoms with Crippen molar-refractivity contribution in [3.63, 3.8) is 0 Å². The van der Waals surface area contributed by atoms with Gasteiger partial charge in [0.25, 0.3) is 10.0 Å². The van der Waals surface area contributed by atoms with Crippen LogP contribution in [0.4, 0.5) is 5.13 Å². The lowest BCUT2D eigenvalue weighted by atomic mass is 10.3. The number of rotatable bonds is 6. The number of halogens is 2. The largest absolute Gasteiger partial charge is 0.379 e. The van der Waals surface area contributed by atoms with Crippen molar-refractivity contribution in [1.82, 2.24) is 9.88 Å². The number of sulfonamides is 1. The van der Waals surface area contributed by atoms with Crippen LogP contribution in [0.1, 0.15) is 5.69 Å². The van der Waals surface area contributed by atoms with Crippen LogP contribution in [0.25, 0.3) is 0 Å². The molecular weight excluding hydrogens is 405 g/mol. The van der Waals surface area contributed by atoms with Crippen LogP contribution in [-0.2, 0) is 21.2 Å². The van der Waals surface area contributed by atoms with E-state index in [1.54, 1.807) is 0 Å². The Kier molecular flexibility index (Phi) is 6.19. The first kappa shape index (κ1) is 18.9. The number of benzene rings is 1. The molecule has 0 unspecified atom stereocenters. The van der Waals surface area contributed by atoms with Crippen LogP contribution < -0.4 is 4.72 Å². The zero-order valence-corrected chi connectivity index (χ0v) is 16.4. The minimum Gasteiger partial charge on any atom is -0.379 e. The maximum Gasteiger partial charge on any atom is 0.265 e. The summed E-state index contributed by atoms with van der Waals surface area (Å²) in [6, 6.07) is 4.25. The van der Waals surface area contributed by atoms with Gasteiger partial charge in [0.1, 0.15) is 4.90 Å². The molecular formula is C15H17Cl2N3O3S2. The predicted octanol–water partition coefficient (Wildman–Crippen LogP) is 3.13. The van der Waals surface area contributed by atoms with E-state index in [1.165, 1.54) is 29.5 Å². The van der Waals surface area contributed by atoms with Crippen molar-refractivity contribution in [1.29, 1.82) is 0 Å². The van der Waals surface area contributed by atoms with Crippen molar-refractivity contribution in [2.75, 3.05) is 37.6 Å². The molecule has 2 heterocycles. The molecule has 1 aromatic heterocycles. The second-order valence-electron chi connectivity index (χ2n) is 5.53. The Hall–Kier alpha value is -0.900. The number of nitrogens with one attached hydrogen (secondary N) is 1. The number of ether oxygens (including phenoxy) is 1. The first-order valence-electron chi connectivity index (χ1n) is 7.66. The number of hydrogen-bond acceptors (Lipinski definition) is 6. The fraction of sp³-hybridized carbons (Fsp3) is 0.400. The summed E-state index contributed by atoms with van der Waals surface area (Å²) < 4.78 is 32.7. The number of hydrogen-bond donors (Lipinski definition) is 1. The summed E-state index contributed by atoms with van der Waals surface area (Å²) in [7, 11) is -3.80. The minimum absolute atomic E-state index is 0.0244. The molecule has 0 bridgehead atoms. The highest BCUT2D eigenvalue weighted by Crippen LogP contribution is 2.27. The Morgan fingerprint density at radius 2 is 2.04 bits per heavy atom. The average molecular weight is 422 g/mol. The van der Waals surface area contributed by atoms with E-state index in [0.29, 0.717) is 10.2 Å². The van der Waals surface area contributed by atoms with Crippen LogP contribution in [0, 0.1) is 0 Å². The Labute approximate surface area is 160 Å². The summed E-state index contributed by atoms with van der Waals surface area (Å²) >= 11 is 13.0. The summed E-state index contributed by atoms with van der Waals surface area (Å²) in [5.74, 6) is 0. The summed E-state index contributed by atoms with van der Waals surface area (Å²) in [6.45, 7) is 4.22. The molecule has 6 nitrogen and oxygen atoms in total. The van der Waals surface area contributed by atoms with Gasteiger partial charge in [-0.1, -0.05) is 23.2 Å². The molecule has 0 spiro atoms. The van der Waals surface area contributed by atoms with Gasteiger partial charge in [-0.15, -0.1) is 11.3 Å².